The molecule has 0 atom stereocenters. The fourth-order valence-electron chi connectivity index (χ4n) is 3.06. The van der Waals surface area contributed by atoms with Gasteiger partial charge in [0.15, 0.2) is 0 Å². The van der Waals surface area contributed by atoms with Crippen molar-refractivity contribution in [3.05, 3.63) is 53.7 Å². The number of halogens is 3. The lowest BCUT2D eigenvalue weighted by molar-refractivity contribution is -0.367. The second kappa shape index (κ2) is 7.87. The van der Waals surface area contributed by atoms with Gasteiger partial charge in [-0.2, -0.15) is 13.2 Å². The van der Waals surface area contributed by atoms with E-state index < -0.39 is 11.7 Å². The van der Waals surface area contributed by atoms with Crippen molar-refractivity contribution in [2.45, 2.75) is 13.1 Å². The highest BCUT2D eigenvalue weighted by atomic mass is 19.4. The molecule has 9 heteroatoms. The van der Waals surface area contributed by atoms with Crippen LogP contribution in [0.4, 0.5) is 24.7 Å². The molecule has 0 radical (unpaired) electrons. The van der Waals surface area contributed by atoms with E-state index in [9.17, 15) is 22.8 Å². The Labute approximate surface area is 160 Å². The molecule has 1 aliphatic heterocycles. The molecule has 0 aliphatic carbocycles. The van der Waals surface area contributed by atoms with Gasteiger partial charge in [0.2, 0.25) is 5.91 Å². The summed E-state index contributed by atoms with van der Waals surface area (Å²) >= 11 is 0. The summed E-state index contributed by atoms with van der Waals surface area (Å²) in [5.41, 5.74) is 0.293. The van der Waals surface area contributed by atoms with Crippen molar-refractivity contribution in [3.8, 4) is 0 Å². The monoisotopic (exact) mass is 393 g/mol. The van der Waals surface area contributed by atoms with Gasteiger partial charge in [-0.3, -0.25) is 14.5 Å². The molecule has 6 nitrogen and oxygen atoms in total. The molecule has 1 aliphatic rings. The minimum atomic E-state index is -4.38. The first-order valence-electron chi connectivity index (χ1n) is 8.75. The van der Waals surface area contributed by atoms with Crippen LogP contribution in [-0.2, 0) is 11.0 Å². The molecule has 2 N–H and O–H groups in total. The van der Waals surface area contributed by atoms with Crippen LogP contribution in [0.1, 0.15) is 22.8 Å². The van der Waals surface area contributed by atoms with Crippen LogP contribution in [0, 0.1) is 0 Å². The topological polar surface area (TPSA) is 66.8 Å². The SMILES string of the molecule is CC(=O)Nc1cccc(C(=O)N2CCN(c3ccc(C(F)(F)F)c[nH+]3)CC2)c1. The number of carbonyl (C=O) groups excluding carboxylic acids is 2. The number of alkyl halides is 3. The summed E-state index contributed by atoms with van der Waals surface area (Å²) in [6.07, 6.45) is -3.44. The van der Waals surface area contributed by atoms with Crippen molar-refractivity contribution in [1.82, 2.24) is 4.90 Å². The van der Waals surface area contributed by atoms with Crippen molar-refractivity contribution >= 4 is 23.3 Å². The summed E-state index contributed by atoms with van der Waals surface area (Å²) in [5.74, 6) is 0.210. The number of anilines is 2. The van der Waals surface area contributed by atoms with Crippen molar-refractivity contribution in [2.75, 3.05) is 36.4 Å². The largest absolute Gasteiger partial charge is 0.419 e. The molecule has 0 saturated carbocycles. The molecular formula is C19H20F3N4O2+. The van der Waals surface area contributed by atoms with E-state index in [-0.39, 0.29) is 11.8 Å². The van der Waals surface area contributed by atoms with Crippen LogP contribution in [-0.4, -0.2) is 42.9 Å². The van der Waals surface area contributed by atoms with Crippen LogP contribution in [0.2, 0.25) is 0 Å². The van der Waals surface area contributed by atoms with E-state index in [2.05, 4.69) is 10.3 Å². The van der Waals surface area contributed by atoms with Gasteiger partial charge < -0.3 is 10.2 Å². The highest BCUT2D eigenvalue weighted by Gasteiger charge is 2.33. The number of nitrogens with zero attached hydrogens (tertiary/aromatic N) is 2. The molecule has 1 aromatic carbocycles. The summed E-state index contributed by atoms with van der Waals surface area (Å²) in [5, 5.41) is 2.64. The van der Waals surface area contributed by atoms with Gasteiger partial charge >= 0.3 is 6.18 Å². The number of aromatic nitrogens is 1. The lowest BCUT2D eigenvalue weighted by atomic mass is 10.1. The van der Waals surface area contributed by atoms with E-state index >= 15 is 0 Å². The molecule has 0 unspecified atom stereocenters. The van der Waals surface area contributed by atoms with Crippen molar-refractivity contribution in [3.63, 3.8) is 0 Å². The predicted octanol–water partition coefficient (Wildman–Crippen LogP) is 2.44. The smallest absolute Gasteiger partial charge is 0.331 e. The van der Waals surface area contributed by atoms with Gasteiger partial charge in [-0.05, 0) is 24.3 Å². The van der Waals surface area contributed by atoms with Gasteiger partial charge in [0.05, 0.1) is 18.7 Å². The number of piperazine rings is 1. The lowest BCUT2D eigenvalue weighted by Crippen LogP contribution is -2.50. The van der Waals surface area contributed by atoms with E-state index in [0.29, 0.717) is 43.2 Å². The molecule has 0 bridgehead atoms. The Balaban J connectivity index is 1.62. The first-order chi connectivity index (χ1) is 13.2. The molecule has 2 aromatic rings. The average Bonchev–Trinajstić information content (AvgIpc) is 2.67. The highest BCUT2D eigenvalue weighted by molar-refractivity contribution is 5.97. The maximum absolute atomic E-state index is 12.7. The predicted molar refractivity (Wildman–Crippen MR) is 96.9 cm³/mol. The molecule has 148 valence electrons. The number of nitrogens with one attached hydrogen (secondary N) is 2. The third kappa shape index (κ3) is 4.59. The van der Waals surface area contributed by atoms with Crippen LogP contribution in [0.3, 0.4) is 0 Å². The minimum absolute atomic E-state index is 0.150. The summed E-state index contributed by atoms with van der Waals surface area (Å²) < 4.78 is 38.0. The molecule has 0 spiro atoms. The van der Waals surface area contributed by atoms with E-state index in [0.717, 1.165) is 12.3 Å². The van der Waals surface area contributed by atoms with Crippen LogP contribution in [0.15, 0.2) is 42.6 Å². The molecule has 28 heavy (non-hydrogen) atoms. The van der Waals surface area contributed by atoms with Gasteiger partial charge in [0, 0.05) is 24.2 Å². The van der Waals surface area contributed by atoms with Crippen molar-refractivity contribution < 1.29 is 27.7 Å². The fourth-order valence-corrected chi connectivity index (χ4v) is 3.06. The Morgan fingerprint density at radius 2 is 1.79 bits per heavy atom. The Bertz CT molecular complexity index is 860. The summed E-state index contributed by atoms with van der Waals surface area (Å²) in [6, 6.07) is 9.15. The maximum atomic E-state index is 12.7. The summed E-state index contributed by atoms with van der Waals surface area (Å²) in [7, 11) is 0. The standard InChI is InChI=1S/C19H19F3N4O2/c1-13(27)24-16-4-2-3-14(11-16)18(28)26-9-7-25(8-10-26)17-6-5-15(12-23-17)19(20,21)22/h2-6,11-12H,7-10H2,1H3,(H,24,27)/p+1. The molecule has 1 saturated heterocycles. The highest BCUT2D eigenvalue weighted by Crippen LogP contribution is 2.28. The maximum Gasteiger partial charge on any atom is 0.419 e. The summed E-state index contributed by atoms with van der Waals surface area (Å²) in [6.45, 7) is 3.28. The van der Waals surface area contributed by atoms with Crippen LogP contribution in [0.5, 0.6) is 0 Å². The molecule has 2 heterocycles. The van der Waals surface area contributed by atoms with E-state index in [1.807, 2.05) is 4.90 Å². The number of hydrogen-bond donors (Lipinski definition) is 1. The zero-order valence-corrected chi connectivity index (χ0v) is 15.2. The Morgan fingerprint density at radius 1 is 1.07 bits per heavy atom. The zero-order valence-electron chi connectivity index (χ0n) is 15.2. The van der Waals surface area contributed by atoms with Crippen LogP contribution >= 0.6 is 0 Å². The quantitative estimate of drug-likeness (QED) is 0.871. The number of carbonyl (C=O) groups is 2. The third-order valence-electron chi connectivity index (χ3n) is 4.46. The second-order valence-electron chi connectivity index (χ2n) is 6.50. The van der Waals surface area contributed by atoms with Crippen LogP contribution < -0.4 is 15.2 Å². The number of pyridine rings is 1. The Kier molecular flexibility index (Phi) is 5.53. The third-order valence-corrected chi connectivity index (χ3v) is 4.46. The van der Waals surface area contributed by atoms with E-state index in [4.69, 9.17) is 0 Å². The summed E-state index contributed by atoms with van der Waals surface area (Å²) in [4.78, 5) is 30.1. The van der Waals surface area contributed by atoms with Gasteiger partial charge in [0.1, 0.15) is 19.3 Å². The zero-order chi connectivity index (χ0) is 20.3. The molecular weight excluding hydrogens is 373 g/mol. The Morgan fingerprint density at radius 3 is 2.36 bits per heavy atom. The molecule has 3 rings (SSSR count). The number of H-pyrrole nitrogens is 1. The fraction of sp³-hybridized carbons (Fsp3) is 0.316. The molecule has 1 aromatic heterocycles. The average molecular weight is 393 g/mol. The first kappa shape index (κ1) is 19.7. The van der Waals surface area contributed by atoms with Gasteiger partial charge in [0.25, 0.3) is 11.7 Å². The van der Waals surface area contributed by atoms with E-state index in [1.54, 1.807) is 29.2 Å². The van der Waals surface area contributed by atoms with Gasteiger partial charge in [-0.15, -0.1) is 0 Å². The number of benzene rings is 1. The molecule has 1 fully saturated rings. The second-order valence-corrected chi connectivity index (χ2v) is 6.50. The number of aromatic amines is 1. The Hall–Kier alpha value is -3.10. The van der Waals surface area contributed by atoms with Crippen LogP contribution in [0.25, 0.3) is 0 Å². The normalized spacial score (nSPS) is 14.7. The van der Waals surface area contributed by atoms with Gasteiger partial charge in [-0.25, -0.2) is 4.98 Å². The lowest BCUT2D eigenvalue weighted by Gasteiger charge is -2.31. The number of hydrogen-bond acceptors (Lipinski definition) is 3. The number of rotatable bonds is 3. The van der Waals surface area contributed by atoms with Crippen molar-refractivity contribution in [1.29, 1.82) is 0 Å². The van der Waals surface area contributed by atoms with Gasteiger partial charge in [-0.1, -0.05) is 6.07 Å². The molecule has 2 amide bonds. The number of amides is 2. The van der Waals surface area contributed by atoms with E-state index in [1.165, 1.54) is 13.0 Å². The van der Waals surface area contributed by atoms with Crippen molar-refractivity contribution in [2.24, 2.45) is 0 Å². The minimum Gasteiger partial charge on any atom is -0.331 e. The first-order valence-corrected chi connectivity index (χ1v) is 8.75.